The van der Waals surface area contributed by atoms with Crippen molar-refractivity contribution < 1.29 is 58.4 Å². The van der Waals surface area contributed by atoms with E-state index in [1.165, 1.54) is 30.3 Å². The Balaban J connectivity index is 2.17. The third-order valence-electron chi connectivity index (χ3n) is 5.07. The van der Waals surface area contributed by atoms with Gasteiger partial charge in [-0.2, -0.15) is 26.3 Å². The van der Waals surface area contributed by atoms with Crippen LogP contribution in [0.1, 0.15) is 20.7 Å². The predicted molar refractivity (Wildman–Crippen MR) is 133 cm³/mol. The van der Waals surface area contributed by atoms with Gasteiger partial charge in [0.1, 0.15) is 0 Å². The Labute approximate surface area is 240 Å². The second-order valence-electron chi connectivity index (χ2n) is 7.71. The molecule has 17 heteroatoms. The third kappa shape index (κ3) is 6.58. The maximum atomic E-state index is 13.7. The molecule has 39 heavy (non-hydrogen) atoms. The Morgan fingerprint density at radius 3 is 1.72 bits per heavy atom. The van der Waals surface area contributed by atoms with Crippen LogP contribution < -0.4 is 4.74 Å². The Bertz CT molecular complexity index is 1530. The quantitative estimate of drug-likeness (QED) is 0.116. The number of rotatable bonds is 6. The van der Waals surface area contributed by atoms with Gasteiger partial charge in [-0.25, -0.2) is 18.0 Å². The highest BCUT2D eigenvalue weighted by molar-refractivity contribution is 9.11. The summed E-state index contributed by atoms with van der Waals surface area (Å²) in [6, 6.07) is 9.83. The van der Waals surface area contributed by atoms with Gasteiger partial charge in [-0.1, -0.05) is 40.2 Å². The first-order valence-electron chi connectivity index (χ1n) is 9.96. The molecule has 0 fully saturated rings. The van der Waals surface area contributed by atoms with Crippen LogP contribution >= 0.6 is 47.8 Å². The van der Waals surface area contributed by atoms with Crippen molar-refractivity contribution in [2.45, 2.75) is 18.0 Å². The topological polar surface area (TPSA) is 110 Å². The second kappa shape index (κ2) is 11.0. The molecule has 0 aliphatic rings. The molecular weight excluding hydrogens is 762 g/mol. The van der Waals surface area contributed by atoms with Gasteiger partial charge in [0, 0.05) is 9.86 Å². The maximum Gasteiger partial charge on any atom is 0.438 e. The molecule has 0 heterocycles. The molecule has 3 aromatic rings. The number of hydrogen-bond donors (Lipinski definition) is 0. The standard InChI is InChI=1S/C22H11Br3F6O7S/c23-11-7-14(24)17(15(25)8-11)37-18(32)12-5-1-3-10-4-2-6-13(16(10)12)19(33)38-20(21(26,27)28,22(29,30)31)9-39(34,35)36/h1-8H,9H2,(H,34,35,36)/p-1. The summed E-state index contributed by atoms with van der Waals surface area (Å²) in [6.07, 6.45) is -13.1. The molecule has 0 aromatic heterocycles. The maximum absolute atomic E-state index is 13.7. The number of fused-ring (bicyclic) bond motifs is 1. The number of hydrogen-bond acceptors (Lipinski definition) is 7. The van der Waals surface area contributed by atoms with Crippen molar-refractivity contribution in [2.75, 3.05) is 5.75 Å². The molecule has 0 saturated carbocycles. The van der Waals surface area contributed by atoms with Gasteiger partial charge < -0.3 is 14.0 Å². The van der Waals surface area contributed by atoms with E-state index in [1.54, 1.807) is 0 Å². The second-order valence-corrected chi connectivity index (χ2v) is 11.7. The van der Waals surface area contributed by atoms with Gasteiger partial charge in [0.2, 0.25) is 0 Å². The first kappa shape index (κ1) is 31.3. The molecule has 3 rings (SSSR count). The van der Waals surface area contributed by atoms with Gasteiger partial charge in [0.15, 0.2) is 5.75 Å². The molecular formula is C22H10Br3F6O7S-. The van der Waals surface area contributed by atoms with Crippen LogP contribution in [-0.2, 0) is 14.9 Å². The summed E-state index contributed by atoms with van der Waals surface area (Å²) in [5.41, 5.74) is -7.11. The monoisotopic (exact) mass is 769 g/mol. The first-order valence-corrected chi connectivity index (χ1v) is 13.9. The molecule has 0 bridgehead atoms. The molecule has 0 aliphatic heterocycles. The normalized spacial score (nSPS) is 12.9. The molecule has 0 spiro atoms. The summed E-state index contributed by atoms with van der Waals surface area (Å²) in [7, 11) is -6.24. The zero-order valence-corrected chi connectivity index (χ0v) is 24.1. The molecule has 0 saturated heterocycles. The fraction of sp³-hybridized carbons (Fsp3) is 0.182. The van der Waals surface area contributed by atoms with E-state index in [9.17, 15) is 48.9 Å². The van der Waals surface area contributed by atoms with Crippen molar-refractivity contribution in [3.63, 3.8) is 0 Å². The third-order valence-corrected chi connectivity index (χ3v) is 7.46. The van der Waals surface area contributed by atoms with Gasteiger partial charge >= 0.3 is 29.9 Å². The fourth-order valence-corrected chi connectivity index (χ4v) is 6.69. The van der Waals surface area contributed by atoms with Crippen LogP contribution in [0.5, 0.6) is 5.75 Å². The van der Waals surface area contributed by atoms with Crippen molar-refractivity contribution in [2.24, 2.45) is 0 Å². The zero-order chi connectivity index (χ0) is 29.6. The van der Waals surface area contributed by atoms with Crippen LogP contribution in [0.2, 0.25) is 0 Å². The smallest absolute Gasteiger partial charge is 0.438 e. The molecule has 0 N–H and O–H groups in total. The van der Waals surface area contributed by atoms with Gasteiger partial charge in [0.25, 0.3) is 0 Å². The Morgan fingerprint density at radius 2 is 1.28 bits per heavy atom. The number of halogens is 9. The van der Waals surface area contributed by atoms with E-state index in [4.69, 9.17) is 4.74 Å². The van der Waals surface area contributed by atoms with Crippen LogP contribution in [0.15, 0.2) is 61.9 Å². The lowest BCUT2D eigenvalue weighted by atomic mass is 9.98. The SMILES string of the molecule is O=C(Oc1c(Br)cc(Br)cc1Br)c1cccc2cccc(C(=O)OC(CS(=O)(=O)[O-])(C(F)(F)F)C(F)(F)F)c12. The minimum atomic E-state index is -6.56. The Morgan fingerprint density at radius 1 is 0.821 bits per heavy atom. The fourth-order valence-electron chi connectivity index (χ4n) is 3.39. The number of ether oxygens (including phenoxy) is 2. The summed E-state index contributed by atoms with van der Waals surface area (Å²) >= 11 is 9.58. The van der Waals surface area contributed by atoms with Crippen molar-refractivity contribution in [3.8, 4) is 5.75 Å². The molecule has 0 aliphatic carbocycles. The number of carbonyl (C=O) groups is 2. The average molecular weight is 772 g/mol. The summed E-state index contributed by atoms with van der Waals surface area (Å²) in [5, 5.41) is -0.448. The molecule has 0 unspecified atom stereocenters. The van der Waals surface area contributed by atoms with E-state index >= 15 is 0 Å². The minimum Gasteiger partial charge on any atom is -0.748 e. The van der Waals surface area contributed by atoms with E-state index in [0.717, 1.165) is 18.2 Å². The van der Waals surface area contributed by atoms with Gasteiger partial charge in [0.05, 0.1) is 35.9 Å². The first-order chi connectivity index (χ1) is 17.8. The highest BCUT2D eigenvalue weighted by Crippen LogP contribution is 2.47. The summed E-state index contributed by atoms with van der Waals surface area (Å²) < 4.78 is 125. The van der Waals surface area contributed by atoms with Gasteiger partial charge in [-0.3, -0.25) is 0 Å². The lowest BCUT2D eigenvalue weighted by molar-refractivity contribution is -0.356. The molecule has 3 aromatic carbocycles. The van der Waals surface area contributed by atoms with Gasteiger partial charge in [-0.05, 0) is 61.5 Å². The molecule has 210 valence electrons. The van der Waals surface area contributed by atoms with E-state index in [0.29, 0.717) is 4.47 Å². The lowest BCUT2D eigenvalue weighted by Crippen LogP contribution is -2.63. The van der Waals surface area contributed by atoms with Crippen LogP contribution in [0.4, 0.5) is 26.3 Å². The highest BCUT2D eigenvalue weighted by Gasteiger charge is 2.75. The van der Waals surface area contributed by atoms with Crippen LogP contribution in [-0.4, -0.2) is 48.6 Å². The highest BCUT2D eigenvalue weighted by atomic mass is 79.9. The number of esters is 2. The van der Waals surface area contributed by atoms with E-state index in [-0.39, 0.29) is 20.1 Å². The number of alkyl halides is 6. The van der Waals surface area contributed by atoms with Crippen molar-refractivity contribution >= 4 is 80.6 Å². The number of carbonyl (C=O) groups excluding carboxylic acids is 2. The van der Waals surface area contributed by atoms with Crippen LogP contribution in [0.3, 0.4) is 0 Å². The number of benzene rings is 3. The molecule has 7 nitrogen and oxygen atoms in total. The Kier molecular flexibility index (Phi) is 8.82. The molecule has 0 amide bonds. The van der Waals surface area contributed by atoms with Crippen molar-refractivity contribution in [3.05, 3.63) is 73.1 Å². The summed E-state index contributed by atoms with van der Waals surface area (Å²) in [6.45, 7) is 0. The van der Waals surface area contributed by atoms with E-state index < -0.39 is 62.3 Å². The average Bonchev–Trinajstić information content (AvgIpc) is 2.77. The largest absolute Gasteiger partial charge is 0.748 e. The van der Waals surface area contributed by atoms with Crippen molar-refractivity contribution in [1.29, 1.82) is 0 Å². The molecule has 0 atom stereocenters. The predicted octanol–water partition coefficient (Wildman–Crippen LogP) is 6.91. The van der Waals surface area contributed by atoms with E-state index in [1.807, 2.05) is 0 Å². The van der Waals surface area contributed by atoms with Crippen LogP contribution in [0, 0.1) is 0 Å². The lowest BCUT2D eigenvalue weighted by Gasteiger charge is -2.37. The van der Waals surface area contributed by atoms with Crippen molar-refractivity contribution in [1.82, 2.24) is 0 Å². The van der Waals surface area contributed by atoms with Crippen LogP contribution in [0.25, 0.3) is 10.8 Å². The van der Waals surface area contributed by atoms with E-state index in [2.05, 4.69) is 52.5 Å². The summed E-state index contributed by atoms with van der Waals surface area (Å²) in [5.74, 6) is -6.67. The molecule has 0 radical (unpaired) electrons. The zero-order valence-electron chi connectivity index (χ0n) is 18.5. The van der Waals surface area contributed by atoms with Gasteiger partial charge in [-0.15, -0.1) is 0 Å². The summed E-state index contributed by atoms with van der Waals surface area (Å²) in [4.78, 5) is 25.9. The Hall–Kier alpha value is -2.21. The minimum absolute atomic E-state index is 0.00824.